The quantitative estimate of drug-likeness (QED) is 0.204. The number of benzene rings is 3. The van der Waals surface area contributed by atoms with Gasteiger partial charge in [-0.3, -0.25) is 4.79 Å². The Hall–Kier alpha value is -2.61. The van der Waals surface area contributed by atoms with Gasteiger partial charge in [0.2, 0.25) is 0 Å². The molecule has 1 amide bonds. The number of hydrazone groups is 1. The number of halogens is 3. The van der Waals surface area contributed by atoms with Crippen molar-refractivity contribution in [3.63, 3.8) is 0 Å². The van der Waals surface area contributed by atoms with Gasteiger partial charge in [0, 0.05) is 10.4 Å². The van der Waals surface area contributed by atoms with Crippen molar-refractivity contribution in [2.75, 3.05) is 0 Å². The van der Waals surface area contributed by atoms with Gasteiger partial charge in [-0.25, -0.2) is 5.43 Å². The fourth-order valence-corrected chi connectivity index (χ4v) is 4.42. The van der Waals surface area contributed by atoms with Gasteiger partial charge >= 0.3 is 5.91 Å². The maximum absolute atomic E-state index is 12.3. The largest absolute Gasteiger partial charge is 0.487 e. The molecule has 4 rings (SSSR count). The van der Waals surface area contributed by atoms with Crippen molar-refractivity contribution < 1.29 is 13.9 Å². The molecule has 0 spiro atoms. The fraction of sp³-hybridized carbons (Fsp3) is 0.0435. The van der Waals surface area contributed by atoms with Crippen molar-refractivity contribution >= 4 is 66.6 Å². The molecule has 0 atom stereocenters. The van der Waals surface area contributed by atoms with Crippen molar-refractivity contribution in [2.24, 2.45) is 5.10 Å². The highest BCUT2D eigenvalue weighted by Crippen LogP contribution is 2.35. The maximum atomic E-state index is 12.3. The van der Waals surface area contributed by atoms with Crippen LogP contribution in [0, 0.1) is 0 Å². The Morgan fingerprint density at radius 2 is 1.77 bits per heavy atom. The Morgan fingerprint density at radius 1 is 1.06 bits per heavy atom. The molecule has 4 aromatic rings. The minimum Gasteiger partial charge on any atom is -0.487 e. The Balaban J connectivity index is 1.40. The SMILES string of the molecule is O=C(N/N=C/c1cc(Br)c(OCc2ccc(Cl)cc2)c(Br)c1)c1cc2ccccc2o1. The number of rotatable bonds is 6. The zero-order valence-corrected chi connectivity index (χ0v) is 19.9. The molecule has 0 fully saturated rings. The lowest BCUT2D eigenvalue weighted by atomic mass is 10.2. The van der Waals surface area contributed by atoms with Gasteiger partial charge in [-0.1, -0.05) is 41.9 Å². The van der Waals surface area contributed by atoms with Crippen LogP contribution in [0.4, 0.5) is 0 Å². The first-order valence-corrected chi connectivity index (χ1v) is 11.1. The van der Waals surface area contributed by atoms with Gasteiger partial charge in [-0.15, -0.1) is 0 Å². The molecule has 0 aliphatic carbocycles. The lowest BCUT2D eigenvalue weighted by Gasteiger charge is -2.11. The van der Waals surface area contributed by atoms with Crippen LogP contribution in [-0.2, 0) is 6.61 Å². The van der Waals surface area contributed by atoms with Crippen LogP contribution in [0.5, 0.6) is 5.75 Å². The zero-order valence-electron chi connectivity index (χ0n) is 15.9. The second-order valence-corrected chi connectivity index (χ2v) is 8.72. The van der Waals surface area contributed by atoms with Crippen LogP contribution in [-0.4, -0.2) is 12.1 Å². The van der Waals surface area contributed by atoms with E-state index in [1.165, 1.54) is 0 Å². The third-order valence-electron chi connectivity index (χ3n) is 4.35. The number of ether oxygens (including phenoxy) is 1. The summed E-state index contributed by atoms with van der Waals surface area (Å²) in [7, 11) is 0. The highest BCUT2D eigenvalue weighted by molar-refractivity contribution is 9.11. The Labute approximate surface area is 200 Å². The third kappa shape index (κ3) is 5.36. The zero-order chi connectivity index (χ0) is 21.8. The van der Waals surface area contributed by atoms with Crippen LogP contribution in [0.2, 0.25) is 5.02 Å². The van der Waals surface area contributed by atoms with Gasteiger partial charge in [-0.05, 0) is 79.4 Å². The number of hydrogen-bond donors (Lipinski definition) is 1. The molecule has 1 aromatic heterocycles. The van der Waals surface area contributed by atoms with Gasteiger partial charge in [-0.2, -0.15) is 5.10 Å². The van der Waals surface area contributed by atoms with E-state index in [9.17, 15) is 4.79 Å². The van der Waals surface area contributed by atoms with E-state index in [2.05, 4.69) is 42.4 Å². The summed E-state index contributed by atoms with van der Waals surface area (Å²) in [6, 6.07) is 20.3. The number of carbonyl (C=O) groups is 1. The molecule has 1 N–H and O–H groups in total. The Morgan fingerprint density at radius 3 is 2.48 bits per heavy atom. The number of amides is 1. The summed E-state index contributed by atoms with van der Waals surface area (Å²) >= 11 is 13.0. The highest BCUT2D eigenvalue weighted by atomic mass is 79.9. The van der Waals surface area contributed by atoms with Gasteiger partial charge in [0.05, 0.1) is 15.2 Å². The number of para-hydroxylation sites is 1. The average molecular weight is 563 g/mol. The normalized spacial score (nSPS) is 11.2. The van der Waals surface area contributed by atoms with Crippen molar-refractivity contribution in [2.45, 2.75) is 6.61 Å². The van der Waals surface area contributed by atoms with Gasteiger partial charge < -0.3 is 9.15 Å². The summed E-state index contributed by atoms with van der Waals surface area (Å²) in [5, 5.41) is 5.56. The fourth-order valence-electron chi connectivity index (χ4n) is 2.84. The lowest BCUT2D eigenvalue weighted by molar-refractivity contribution is 0.0929. The third-order valence-corrected chi connectivity index (χ3v) is 5.78. The minimum atomic E-state index is -0.423. The lowest BCUT2D eigenvalue weighted by Crippen LogP contribution is -2.16. The van der Waals surface area contributed by atoms with E-state index in [4.69, 9.17) is 20.8 Å². The first-order chi connectivity index (χ1) is 15.0. The Kier molecular flexibility index (Phi) is 6.75. The molecule has 0 aliphatic heterocycles. The number of fused-ring (bicyclic) bond motifs is 1. The Bertz CT molecular complexity index is 1210. The summed E-state index contributed by atoms with van der Waals surface area (Å²) in [5.41, 5.74) is 4.90. The second kappa shape index (κ2) is 9.68. The molecule has 0 radical (unpaired) electrons. The first kappa shape index (κ1) is 21.6. The minimum absolute atomic E-state index is 0.201. The number of nitrogens with zero attached hydrogens (tertiary/aromatic N) is 1. The van der Waals surface area contributed by atoms with Crippen molar-refractivity contribution in [1.82, 2.24) is 5.43 Å². The van der Waals surface area contributed by atoms with Crippen molar-refractivity contribution in [1.29, 1.82) is 0 Å². The molecule has 0 aliphatic rings. The molecule has 0 unspecified atom stereocenters. The van der Waals surface area contributed by atoms with Crippen LogP contribution in [0.25, 0.3) is 11.0 Å². The number of furan rings is 1. The van der Waals surface area contributed by atoms with E-state index in [0.29, 0.717) is 23.0 Å². The van der Waals surface area contributed by atoms with Crippen molar-refractivity contribution in [3.05, 3.63) is 97.6 Å². The van der Waals surface area contributed by atoms with E-state index in [1.807, 2.05) is 54.6 Å². The van der Waals surface area contributed by atoms with E-state index in [-0.39, 0.29) is 5.76 Å². The molecule has 0 saturated heterocycles. The van der Waals surface area contributed by atoms with Crippen LogP contribution in [0.15, 0.2) is 85.2 Å². The van der Waals surface area contributed by atoms with Crippen LogP contribution >= 0.6 is 43.5 Å². The summed E-state index contributed by atoms with van der Waals surface area (Å²) in [6.07, 6.45) is 1.54. The molecule has 5 nitrogen and oxygen atoms in total. The van der Waals surface area contributed by atoms with Gasteiger partial charge in [0.15, 0.2) is 5.76 Å². The van der Waals surface area contributed by atoms with Crippen molar-refractivity contribution in [3.8, 4) is 5.75 Å². The predicted molar refractivity (Wildman–Crippen MR) is 129 cm³/mol. The van der Waals surface area contributed by atoms with Gasteiger partial charge in [0.25, 0.3) is 0 Å². The van der Waals surface area contributed by atoms with E-state index < -0.39 is 5.91 Å². The number of hydrogen-bond acceptors (Lipinski definition) is 4. The highest BCUT2D eigenvalue weighted by Gasteiger charge is 2.12. The smallest absolute Gasteiger partial charge is 0.307 e. The number of nitrogens with one attached hydrogen (secondary N) is 1. The van der Waals surface area contributed by atoms with E-state index >= 15 is 0 Å². The molecule has 8 heteroatoms. The standard InChI is InChI=1S/C23H15Br2ClN2O3/c24-18-9-15(10-19(25)22(18)30-13-14-5-7-17(26)8-6-14)12-27-28-23(29)21-11-16-3-1-2-4-20(16)31-21/h1-12H,13H2,(H,28,29)/b27-12+. The monoisotopic (exact) mass is 560 g/mol. The average Bonchev–Trinajstić information content (AvgIpc) is 3.19. The van der Waals surface area contributed by atoms with Crippen LogP contribution < -0.4 is 10.2 Å². The van der Waals surface area contributed by atoms with Crippen LogP contribution in [0.1, 0.15) is 21.7 Å². The molecule has 156 valence electrons. The summed E-state index contributed by atoms with van der Waals surface area (Å²) < 4.78 is 12.9. The molecule has 0 bridgehead atoms. The molecular weight excluding hydrogens is 548 g/mol. The molecule has 1 heterocycles. The van der Waals surface area contributed by atoms with E-state index in [1.54, 1.807) is 18.3 Å². The number of carbonyl (C=O) groups excluding carboxylic acids is 1. The summed E-state index contributed by atoms with van der Waals surface area (Å²) in [5.74, 6) is 0.443. The molecule has 31 heavy (non-hydrogen) atoms. The first-order valence-electron chi connectivity index (χ1n) is 9.18. The maximum Gasteiger partial charge on any atom is 0.307 e. The molecular formula is C23H15Br2ClN2O3. The topological polar surface area (TPSA) is 63.8 Å². The summed E-state index contributed by atoms with van der Waals surface area (Å²) in [6.45, 7) is 0.398. The van der Waals surface area contributed by atoms with Gasteiger partial charge in [0.1, 0.15) is 17.9 Å². The molecule has 0 saturated carbocycles. The van der Waals surface area contributed by atoms with Crippen LogP contribution in [0.3, 0.4) is 0 Å². The molecule has 3 aromatic carbocycles. The summed E-state index contributed by atoms with van der Waals surface area (Å²) in [4.78, 5) is 12.3. The van der Waals surface area contributed by atoms with E-state index in [0.717, 1.165) is 25.5 Å². The second-order valence-electron chi connectivity index (χ2n) is 6.58. The predicted octanol–water partition coefficient (Wildman–Crippen LogP) is 6.95.